The van der Waals surface area contributed by atoms with Crippen molar-refractivity contribution in [1.82, 2.24) is 52.8 Å². The molecule has 5 aromatic rings. The molecule has 0 bridgehead atoms. The van der Waals surface area contributed by atoms with Crippen LogP contribution < -0.4 is 53.6 Å². The molecular weight excluding hydrogens is 1110 g/mol. The first-order chi connectivity index (χ1) is 39.5. The van der Waals surface area contributed by atoms with Crippen LogP contribution in [0.5, 0.6) is 5.75 Å². The van der Waals surface area contributed by atoms with Crippen LogP contribution in [0.3, 0.4) is 0 Å². The molecule has 0 spiro atoms. The summed E-state index contributed by atoms with van der Waals surface area (Å²) in [7, 11) is 0. The van der Waals surface area contributed by atoms with Crippen LogP contribution in [0, 0.1) is 5.92 Å². The number of aliphatic hydroxyl groups is 1. The number of unbranched alkanes of at least 4 members (excludes halogenated alkanes) is 1. The normalized spacial score (nSPS) is 14.5. The standard InChI is InChI=1S/C58H75N11O12S2/c1-31(2)49(58(81)67-48(30-83)57(80)69-50(32(3)70)51(59)74)68-52(75)43(16-10-11-23-60-33(4)71)63-55(78)46(27-39-28-61-42-15-9-8-14-41(39)42)65-54(77)45(25-35-18-21-40(73)22-19-35)64-56(79)47(29-82)66-53(76)44(62-34(5)72)26-36-17-20-37-12-6-7-13-38(37)24-36/h6-9,12-15,17-22,24,28,31-32,43-50,61,70,73,82-83H,10-11,16,23,25-27,29-30H2,1-5H3,(H2,59,74)(H,60,71)(H,62,72)(H,63,78)(H,64,79)(H,65,77)(H,66,76)(H,67,81)(H,68,75)(H,69,80)/t32-,43+,44+,45+,46-,47+,48+,49+,50+/m1/s1. The van der Waals surface area contributed by atoms with E-state index in [4.69, 9.17) is 5.73 Å². The van der Waals surface area contributed by atoms with Crippen molar-refractivity contribution >= 4 is 106 Å². The highest BCUT2D eigenvalue weighted by molar-refractivity contribution is 7.80. The van der Waals surface area contributed by atoms with Gasteiger partial charge in [-0.2, -0.15) is 25.3 Å². The Kier molecular flexibility index (Phi) is 25.2. The number of fused-ring (bicyclic) bond motifs is 2. The summed E-state index contributed by atoms with van der Waals surface area (Å²) in [4.78, 5) is 139. The molecule has 0 saturated heterocycles. The summed E-state index contributed by atoms with van der Waals surface area (Å²) in [5.41, 5.74) is 7.86. The first-order valence-electron chi connectivity index (χ1n) is 27.1. The van der Waals surface area contributed by atoms with E-state index in [1.165, 1.54) is 45.0 Å². The number of primary amides is 1. The van der Waals surface area contributed by atoms with E-state index >= 15 is 0 Å². The second-order valence-electron chi connectivity index (χ2n) is 20.6. The highest BCUT2D eigenvalue weighted by Crippen LogP contribution is 2.21. The van der Waals surface area contributed by atoms with Crippen molar-refractivity contribution in [2.24, 2.45) is 11.7 Å². The number of phenols is 1. The summed E-state index contributed by atoms with van der Waals surface area (Å²) in [6.45, 7) is 7.33. The van der Waals surface area contributed by atoms with Gasteiger partial charge in [-0.25, -0.2) is 0 Å². The predicted molar refractivity (Wildman–Crippen MR) is 319 cm³/mol. The second-order valence-corrected chi connectivity index (χ2v) is 21.3. The number of hydrogen-bond acceptors (Lipinski definition) is 14. The number of phenolic OH excluding ortho intramolecular Hbond substituents is 1. The molecule has 0 radical (unpaired) electrons. The zero-order valence-electron chi connectivity index (χ0n) is 46.8. The first-order valence-corrected chi connectivity index (χ1v) is 28.4. The number of aromatic amines is 1. The maximum atomic E-state index is 14.9. The third-order valence-corrected chi connectivity index (χ3v) is 14.3. The SMILES string of the molecule is CC(=O)NCCCC[C@H](NC(=O)[C@@H](Cc1c[nH]c2ccccc12)NC(=O)[C@H](Cc1ccc(O)cc1)NC(=O)[C@H](CS)NC(=O)[C@H](Cc1ccc2ccccc2c1)NC(C)=O)C(=O)N[C@H](C(=O)N[C@@H](CS)C(=O)N[C@H](C(N)=O)[C@@H](C)O)C(C)C. The summed E-state index contributed by atoms with van der Waals surface area (Å²) in [6.07, 6.45) is 0.608. The molecule has 1 aromatic heterocycles. The number of para-hydroxylation sites is 1. The smallest absolute Gasteiger partial charge is 0.244 e. The molecule has 83 heavy (non-hydrogen) atoms. The van der Waals surface area contributed by atoms with Gasteiger partial charge in [0, 0.05) is 68.3 Å². The number of aliphatic hydroxyl groups excluding tert-OH is 1. The summed E-state index contributed by atoms with van der Waals surface area (Å²) in [6, 6.07) is 15.4. The van der Waals surface area contributed by atoms with Crippen molar-refractivity contribution in [3.05, 3.63) is 114 Å². The molecule has 0 unspecified atom stereocenters. The molecule has 14 N–H and O–H groups in total. The van der Waals surface area contributed by atoms with Crippen molar-refractivity contribution in [2.75, 3.05) is 18.1 Å². The molecule has 1 heterocycles. The number of H-pyrrole nitrogens is 1. The van der Waals surface area contributed by atoms with E-state index < -0.39 is 114 Å². The number of rotatable bonds is 31. The Morgan fingerprint density at radius 2 is 1.02 bits per heavy atom. The van der Waals surface area contributed by atoms with Crippen LogP contribution in [0.4, 0.5) is 0 Å². The molecule has 0 aliphatic rings. The van der Waals surface area contributed by atoms with Gasteiger partial charge in [0.2, 0.25) is 59.1 Å². The van der Waals surface area contributed by atoms with Gasteiger partial charge in [-0.1, -0.05) is 86.6 Å². The number of hydrogen-bond donors (Lipinski definition) is 15. The van der Waals surface area contributed by atoms with Crippen LogP contribution in [-0.2, 0) is 67.2 Å². The molecule has 0 saturated carbocycles. The topological polar surface area (TPSA) is 361 Å². The fourth-order valence-corrected chi connectivity index (χ4v) is 9.59. The lowest BCUT2D eigenvalue weighted by atomic mass is 10.00. The molecule has 23 nitrogen and oxygen atoms in total. The maximum Gasteiger partial charge on any atom is 0.244 e. The summed E-state index contributed by atoms with van der Waals surface area (Å²) in [5, 5.41) is 46.5. The van der Waals surface area contributed by atoms with Crippen LogP contribution in [-0.4, -0.2) is 147 Å². The fourth-order valence-electron chi connectivity index (χ4n) is 9.08. The quantitative estimate of drug-likeness (QED) is 0.0215. The number of amides is 10. The largest absolute Gasteiger partial charge is 0.508 e. The number of nitrogens with two attached hydrogens (primary N) is 1. The Hall–Kier alpha value is -8.16. The van der Waals surface area contributed by atoms with Crippen molar-refractivity contribution in [1.29, 1.82) is 0 Å². The van der Waals surface area contributed by atoms with Crippen molar-refractivity contribution in [3.8, 4) is 5.75 Å². The molecular formula is C58H75N11O12S2. The van der Waals surface area contributed by atoms with Gasteiger partial charge >= 0.3 is 0 Å². The highest BCUT2D eigenvalue weighted by atomic mass is 32.1. The van der Waals surface area contributed by atoms with E-state index in [0.29, 0.717) is 28.5 Å². The molecule has 446 valence electrons. The number of benzene rings is 4. The van der Waals surface area contributed by atoms with E-state index in [9.17, 15) is 58.2 Å². The predicted octanol–water partition coefficient (Wildman–Crippen LogP) is 0.641. The van der Waals surface area contributed by atoms with E-state index in [2.05, 4.69) is 78.1 Å². The Morgan fingerprint density at radius 3 is 1.61 bits per heavy atom. The lowest BCUT2D eigenvalue weighted by molar-refractivity contribution is -0.136. The van der Waals surface area contributed by atoms with Crippen molar-refractivity contribution in [2.45, 2.75) is 128 Å². The van der Waals surface area contributed by atoms with Gasteiger partial charge in [0.1, 0.15) is 54.1 Å². The van der Waals surface area contributed by atoms with E-state index in [-0.39, 0.29) is 61.8 Å². The van der Waals surface area contributed by atoms with E-state index in [0.717, 1.165) is 16.3 Å². The second kappa shape index (κ2) is 31.9. The molecule has 9 atom stereocenters. The van der Waals surface area contributed by atoms with Gasteiger partial charge in [-0.3, -0.25) is 47.9 Å². The van der Waals surface area contributed by atoms with Crippen LogP contribution in [0.1, 0.15) is 70.6 Å². The molecule has 25 heteroatoms. The molecule has 10 amide bonds. The van der Waals surface area contributed by atoms with Gasteiger partial charge in [0.05, 0.1) is 6.10 Å². The van der Waals surface area contributed by atoms with Gasteiger partial charge in [0.25, 0.3) is 0 Å². The number of aromatic nitrogens is 1. The van der Waals surface area contributed by atoms with Crippen LogP contribution >= 0.6 is 25.3 Å². The summed E-state index contributed by atoms with van der Waals surface area (Å²) >= 11 is 8.57. The summed E-state index contributed by atoms with van der Waals surface area (Å²) in [5.74, 6) is -8.82. The Morgan fingerprint density at radius 1 is 0.530 bits per heavy atom. The van der Waals surface area contributed by atoms with Crippen LogP contribution in [0.15, 0.2) is 97.2 Å². The number of aromatic hydroxyl groups is 1. The first kappa shape index (κ1) is 65.6. The minimum Gasteiger partial charge on any atom is -0.508 e. The number of carbonyl (C=O) groups excluding carboxylic acids is 10. The minimum atomic E-state index is -1.49. The molecule has 0 fully saturated rings. The average Bonchev–Trinajstić information content (AvgIpc) is 3.99. The number of thiol groups is 2. The Labute approximate surface area is 491 Å². The molecule has 4 aromatic carbocycles. The van der Waals surface area contributed by atoms with E-state index in [1.54, 1.807) is 32.2 Å². The lowest BCUT2D eigenvalue weighted by Gasteiger charge is -2.29. The molecule has 5 rings (SSSR count). The van der Waals surface area contributed by atoms with Gasteiger partial charge in [-0.15, -0.1) is 0 Å². The maximum absolute atomic E-state index is 14.9. The van der Waals surface area contributed by atoms with Crippen molar-refractivity contribution in [3.63, 3.8) is 0 Å². The Balaban J connectivity index is 1.43. The zero-order valence-corrected chi connectivity index (χ0v) is 48.6. The Bertz CT molecular complexity index is 3100. The fraction of sp³-hybridized carbons (Fsp3) is 0.414. The molecule has 0 aliphatic heterocycles. The van der Waals surface area contributed by atoms with Gasteiger partial charge < -0.3 is 68.8 Å². The van der Waals surface area contributed by atoms with Crippen LogP contribution in [0.2, 0.25) is 0 Å². The number of carbonyl (C=O) groups is 10. The molecule has 0 aliphatic carbocycles. The van der Waals surface area contributed by atoms with Gasteiger partial charge in [-0.05, 0) is 77.8 Å². The monoisotopic (exact) mass is 1180 g/mol. The van der Waals surface area contributed by atoms with Gasteiger partial charge in [0.15, 0.2) is 0 Å². The van der Waals surface area contributed by atoms with Crippen LogP contribution in [0.25, 0.3) is 21.7 Å². The third-order valence-electron chi connectivity index (χ3n) is 13.6. The number of nitrogens with one attached hydrogen (secondary N) is 10. The average molecular weight is 1180 g/mol. The third kappa shape index (κ3) is 20.1. The van der Waals surface area contributed by atoms with E-state index in [1.807, 2.05) is 54.6 Å². The highest BCUT2D eigenvalue weighted by Gasteiger charge is 2.36. The summed E-state index contributed by atoms with van der Waals surface area (Å²) < 4.78 is 0. The lowest BCUT2D eigenvalue weighted by Crippen LogP contribution is -2.62. The van der Waals surface area contributed by atoms with Crippen molar-refractivity contribution < 1.29 is 58.2 Å². The zero-order chi connectivity index (χ0) is 60.9. The minimum absolute atomic E-state index is 0.0334.